The summed E-state index contributed by atoms with van der Waals surface area (Å²) in [6.45, 7) is 1.99. The number of nitrogens with zero attached hydrogens (tertiary/aromatic N) is 3. The van der Waals surface area contributed by atoms with Crippen LogP contribution in [-0.2, 0) is 12.8 Å². The zero-order chi connectivity index (χ0) is 12.8. The number of aromatic nitrogens is 3. The van der Waals surface area contributed by atoms with E-state index in [2.05, 4.69) is 34.3 Å². The first-order valence-corrected chi connectivity index (χ1v) is 6.75. The molecule has 0 radical (unpaired) electrons. The van der Waals surface area contributed by atoms with Crippen LogP contribution in [0.1, 0.15) is 23.2 Å². The number of rotatable bonds is 1. The summed E-state index contributed by atoms with van der Waals surface area (Å²) in [5, 5.41) is 4.65. The highest BCUT2D eigenvalue weighted by atomic mass is 15.2. The Labute approximate surface area is 111 Å². The van der Waals surface area contributed by atoms with Crippen molar-refractivity contribution in [1.29, 1.82) is 0 Å². The molecular weight excluding hydrogens is 234 g/mol. The van der Waals surface area contributed by atoms with Crippen molar-refractivity contribution in [3.05, 3.63) is 53.3 Å². The fourth-order valence-electron chi connectivity index (χ4n) is 2.89. The van der Waals surface area contributed by atoms with Gasteiger partial charge in [-0.3, -0.25) is 0 Å². The maximum Gasteiger partial charge on any atom is 0.153 e. The molecule has 0 N–H and O–H groups in total. The molecule has 94 valence electrons. The molecule has 1 aliphatic carbocycles. The van der Waals surface area contributed by atoms with Gasteiger partial charge in [0.05, 0.1) is 17.6 Å². The zero-order valence-corrected chi connectivity index (χ0v) is 10.9. The van der Waals surface area contributed by atoms with Crippen molar-refractivity contribution in [1.82, 2.24) is 14.6 Å². The summed E-state index contributed by atoms with van der Waals surface area (Å²) in [5.74, 6) is 0. The summed E-state index contributed by atoms with van der Waals surface area (Å²) in [5.41, 5.74) is 7.11. The minimum absolute atomic E-state index is 0.905. The molecule has 2 aromatic heterocycles. The van der Waals surface area contributed by atoms with E-state index >= 15 is 0 Å². The van der Waals surface area contributed by atoms with E-state index in [1.54, 1.807) is 0 Å². The fourth-order valence-corrected chi connectivity index (χ4v) is 2.89. The maximum atomic E-state index is 4.65. The summed E-state index contributed by atoms with van der Waals surface area (Å²) in [7, 11) is 0. The Bertz CT molecular complexity index is 771. The van der Waals surface area contributed by atoms with Crippen LogP contribution in [0.3, 0.4) is 0 Å². The van der Waals surface area contributed by atoms with E-state index in [-0.39, 0.29) is 0 Å². The zero-order valence-electron chi connectivity index (χ0n) is 10.9. The van der Waals surface area contributed by atoms with Crippen molar-refractivity contribution in [2.75, 3.05) is 0 Å². The maximum absolute atomic E-state index is 4.65. The molecule has 1 aliphatic rings. The SMILES string of the molecule is Cc1cn2nc(-c3ccc4c(c3)CCC4)ccc2n1. The lowest BCUT2D eigenvalue weighted by molar-refractivity contribution is 0.911. The van der Waals surface area contributed by atoms with Crippen LogP contribution < -0.4 is 0 Å². The van der Waals surface area contributed by atoms with E-state index in [0.717, 1.165) is 17.0 Å². The van der Waals surface area contributed by atoms with Gasteiger partial charge in [0.1, 0.15) is 0 Å². The van der Waals surface area contributed by atoms with E-state index in [0.29, 0.717) is 0 Å². The molecule has 0 unspecified atom stereocenters. The molecule has 0 fully saturated rings. The van der Waals surface area contributed by atoms with Gasteiger partial charge in [0.25, 0.3) is 0 Å². The smallest absolute Gasteiger partial charge is 0.153 e. The lowest BCUT2D eigenvalue weighted by Crippen LogP contribution is -1.94. The monoisotopic (exact) mass is 249 g/mol. The number of aryl methyl sites for hydroxylation is 3. The largest absolute Gasteiger partial charge is 0.232 e. The second kappa shape index (κ2) is 3.92. The molecule has 0 atom stereocenters. The molecule has 3 aromatic rings. The molecule has 4 rings (SSSR count). The number of hydrogen-bond donors (Lipinski definition) is 0. The third kappa shape index (κ3) is 1.73. The molecule has 0 saturated heterocycles. The fraction of sp³-hybridized carbons (Fsp3) is 0.250. The van der Waals surface area contributed by atoms with Gasteiger partial charge in [0.15, 0.2) is 5.65 Å². The Hall–Kier alpha value is -2.16. The number of hydrogen-bond acceptors (Lipinski definition) is 2. The highest BCUT2D eigenvalue weighted by molar-refractivity contribution is 5.62. The molecule has 0 saturated carbocycles. The molecule has 0 amide bonds. The van der Waals surface area contributed by atoms with E-state index in [1.165, 1.54) is 36.0 Å². The van der Waals surface area contributed by atoms with Crippen molar-refractivity contribution < 1.29 is 0 Å². The van der Waals surface area contributed by atoms with Crippen LogP contribution in [0.25, 0.3) is 16.9 Å². The minimum Gasteiger partial charge on any atom is -0.232 e. The first kappa shape index (κ1) is 10.7. The van der Waals surface area contributed by atoms with E-state index in [9.17, 15) is 0 Å². The molecule has 3 nitrogen and oxygen atoms in total. The molecule has 19 heavy (non-hydrogen) atoms. The summed E-state index contributed by atoms with van der Waals surface area (Å²) in [6, 6.07) is 10.8. The third-order valence-electron chi connectivity index (χ3n) is 3.83. The number of imidazole rings is 1. The van der Waals surface area contributed by atoms with Crippen LogP contribution in [0.2, 0.25) is 0 Å². The molecule has 0 spiro atoms. The second-order valence-corrected chi connectivity index (χ2v) is 5.24. The second-order valence-electron chi connectivity index (χ2n) is 5.24. The molecule has 1 aromatic carbocycles. The van der Waals surface area contributed by atoms with Crippen LogP contribution in [0, 0.1) is 6.92 Å². The van der Waals surface area contributed by atoms with Crippen LogP contribution >= 0.6 is 0 Å². The van der Waals surface area contributed by atoms with Crippen LogP contribution in [0.5, 0.6) is 0 Å². The standard InChI is InChI=1S/C16H15N3/c1-11-10-19-16(17-11)8-7-15(18-19)14-6-5-12-3-2-4-13(12)9-14/h5-10H,2-4H2,1H3. The van der Waals surface area contributed by atoms with Gasteiger partial charge in [0, 0.05) is 5.56 Å². The Balaban J connectivity index is 1.85. The summed E-state index contributed by atoms with van der Waals surface area (Å²) < 4.78 is 1.86. The average molecular weight is 249 g/mol. The van der Waals surface area contributed by atoms with Crippen molar-refractivity contribution >= 4 is 5.65 Å². The number of benzene rings is 1. The van der Waals surface area contributed by atoms with Crippen LogP contribution in [0.15, 0.2) is 36.5 Å². The molecule has 2 heterocycles. The van der Waals surface area contributed by atoms with E-state index in [4.69, 9.17) is 0 Å². The summed E-state index contributed by atoms with van der Waals surface area (Å²) in [6.07, 6.45) is 5.68. The van der Waals surface area contributed by atoms with Crippen LogP contribution in [0.4, 0.5) is 0 Å². The lowest BCUT2D eigenvalue weighted by atomic mass is 10.0. The van der Waals surface area contributed by atoms with Crippen molar-refractivity contribution in [3.8, 4) is 11.3 Å². The quantitative estimate of drug-likeness (QED) is 0.663. The summed E-state index contributed by atoms with van der Waals surface area (Å²) in [4.78, 5) is 4.41. The van der Waals surface area contributed by atoms with E-state index in [1.807, 2.05) is 23.7 Å². The molecular formula is C16H15N3. The first-order chi connectivity index (χ1) is 9.29. The number of fused-ring (bicyclic) bond motifs is 2. The molecule has 0 aliphatic heterocycles. The van der Waals surface area contributed by atoms with Crippen molar-refractivity contribution in [3.63, 3.8) is 0 Å². The Kier molecular flexibility index (Phi) is 2.21. The van der Waals surface area contributed by atoms with Gasteiger partial charge < -0.3 is 0 Å². The van der Waals surface area contributed by atoms with Crippen molar-refractivity contribution in [2.24, 2.45) is 0 Å². The van der Waals surface area contributed by atoms with Gasteiger partial charge in [-0.2, -0.15) is 5.10 Å². The Morgan fingerprint density at radius 3 is 2.89 bits per heavy atom. The van der Waals surface area contributed by atoms with Gasteiger partial charge in [0.2, 0.25) is 0 Å². The topological polar surface area (TPSA) is 30.2 Å². The van der Waals surface area contributed by atoms with Gasteiger partial charge in [-0.05, 0) is 55.5 Å². The third-order valence-corrected chi connectivity index (χ3v) is 3.83. The van der Waals surface area contributed by atoms with Crippen LogP contribution in [-0.4, -0.2) is 14.6 Å². The molecule has 3 heteroatoms. The predicted octanol–water partition coefficient (Wildman–Crippen LogP) is 3.19. The van der Waals surface area contributed by atoms with Gasteiger partial charge in [-0.1, -0.05) is 12.1 Å². The highest BCUT2D eigenvalue weighted by Gasteiger charge is 2.12. The first-order valence-electron chi connectivity index (χ1n) is 6.75. The van der Waals surface area contributed by atoms with Crippen molar-refractivity contribution in [2.45, 2.75) is 26.2 Å². The predicted molar refractivity (Wildman–Crippen MR) is 75.2 cm³/mol. The van der Waals surface area contributed by atoms with Gasteiger partial charge in [-0.15, -0.1) is 0 Å². The normalized spacial score (nSPS) is 13.9. The molecule has 0 bridgehead atoms. The van der Waals surface area contributed by atoms with Gasteiger partial charge >= 0.3 is 0 Å². The summed E-state index contributed by atoms with van der Waals surface area (Å²) >= 11 is 0. The van der Waals surface area contributed by atoms with Gasteiger partial charge in [-0.25, -0.2) is 9.50 Å². The minimum atomic E-state index is 0.905. The average Bonchev–Trinajstić information content (AvgIpc) is 3.01. The lowest BCUT2D eigenvalue weighted by Gasteiger charge is -2.05. The Morgan fingerprint density at radius 2 is 1.95 bits per heavy atom. The van der Waals surface area contributed by atoms with E-state index < -0.39 is 0 Å². The highest BCUT2D eigenvalue weighted by Crippen LogP contribution is 2.27. The Morgan fingerprint density at radius 1 is 1.05 bits per heavy atom.